The molecule has 0 spiro atoms. The van der Waals surface area contributed by atoms with Gasteiger partial charge in [0.25, 0.3) is 0 Å². The number of carbonyl (C=O) groups excluding carboxylic acids is 1. The van der Waals surface area contributed by atoms with E-state index >= 15 is 0 Å². The summed E-state index contributed by atoms with van der Waals surface area (Å²) in [5.41, 5.74) is 0. The highest BCUT2D eigenvalue weighted by Crippen LogP contribution is 2.22. The minimum absolute atomic E-state index is 0.106. The van der Waals surface area contributed by atoms with E-state index in [1.165, 1.54) is 128 Å². The van der Waals surface area contributed by atoms with Gasteiger partial charge in [0, 0.05) is 13.0 Å². The van der Waals surface area contributed by atoms with Gasteiger partial charge in [-0.25, -0.2) is 0 Å². The Bertz CT molecular complexity index is 707. The first-order valence-corrected chi connectivity index (χ1v) is 20.1. The number of esters is 1. The fourth-order valence-electron chi connectivity index (χ4n) is 6.32. The van der Waals surface area contributed by atoms with Gasteiger partial charge in [0.15, 0.2) is 6.29 Å². The molecule has 0 bridgehead atoms. The van der Waals surface area contributed by atoms with Crippen molar-refractivity contribution < 1.29 is 44.2 Å². The van der Waals surface area contributed by atoms with Gasteiger partial charge in [-0.05, 0) is 12.8 Å². The summed E-state index contributed by atoms with van der Waals surface area (Å²) in [5, 5.41) is 39.9. The van der Waals surface area contributed by atoms with Crippen molar-refractivity contribution in [2.24, 2.45) is 0 Å². The molecule has 1 aliphatic heterocycles. The van der Waals surface area contributed by atoms with Crippen LogP contribution in [0.25, 0.3) is 0 Å². The molecule has 0 aromatic carbocycles. The number of aliphatic hydroxyl groups is 4. The Morgan fingerprint density at radius 2 is 1.02 bits per heavy atom. The summed E-state index contributed by atoms with van der Waals surface area (Å²) in [6, 6.07) is 0. The van der Waals surface area contributed by atoms with E-state index in [0.717, 1.165) is 32.1 Å². The summed E-state index contributed by atoms with van der Waals surface area (Å²) in [7, 11) is 0. The van der Waals surface area contributed by atoms with E-state index in [1.54, 1.807) is 0 Å². The second-order valence-electron chi connectivity index (χ2n) is 14.1. The average molecular weight is 689 g/mol. The van der Waals surface area contributed by atoms with Gasteiger partial charge < -0.3 is 39.4 Å². The maximum atomic E-state index is 12.7. The van der Waals surface area contributed by atoms with Crippen LogP contribution in [0.1, 0.15) is 181 Å². The molecule has 0 amide bonds. The summed E-state index contributed by atoms with van der Waals surface area (Å²) in [6.45, 7) is 4.57. The van der Waals surface area contributed by atoms with E-state index in [2.05, 4.69) is 13.8 Å². The molecule has 0 saturated carbocycles. The van der Waals surface area contributed by atoms with Crippen LogP contribution < -0.4 is 0 Å². The van der Waals surface area contributed by atoms with Gasteiger partial charge >= 0.3 is 5.97 Å². The molecule has 48 heavy (non-hydrogen) atoms. The highest BCUT2D eigenvalue weighted by molar-refractivity contribution is 5.69. The molecule has 0 aliphatic carbocycles. The lowest BCUT2D eigenvalue weighted by Gasteiger charge is -2.39. The van der Waals surface area contributed by atoms with E-state index in [1.807, 2.05) is 0 Å². The number of aliphatic hydroxyl groups excluding tert-OH is 4. The second kappa shape index (κ2) is 32.1. The Balaban J connectivity index is 2.30. The topological polar surface area (TPSA) is 135 Å². The molecule has 6 atom stereocenters. The minimum Gasteiger partial charge on any atom is -0.457 e. The monoisotopic (exact) mass is 689 g/mol. The Labute approximate surface area is 293 Å². The summed E-state index contributed by atoms with van der Waals surface area (Å²) in [5.74, 6) is -0.311. The van der Waals surface area contributed by atoms with Gasteiger partial charge in [-0.3, -0.25) is 4.79 Å². The van der Waals surface area contributed by atoms with Crippen LogP contribution in [-0.2, 0) is 23.7 Å². The number of carbonyl (C=O) groups is 1. The molecule has 6 unspecified atom stereocenters. The summed E-state index contributed by atoms with van der Waals surface area (Å²) in [6.07, 6.45) is 24.1. The zero-order valence-electron chi connectivity index (χ0n) is 31.0. The summed E-state index contributed by atoms with van der Waals surface area (Å²) < 4.78 is 22.7. The fraction of sp³-hybridized carbons (Fsp3) is 0.974. The third-order valence-corrected chi connectivity index (χ3v) is 9.52. The van der Waals surface area contributed by atoms with Crippen molar-refractivity contribution in [3.05, 3.63) is 0 Å². The smallest absolute Gasteiger partial charge is 0.306 e. The lowest BCUT2D eigenvalue weighted by atomic mass is 9.99. The van der Waals surface area contributed by atoms with E-state index in [-0.39, 0.29) is 19.2 Å². The maximum Gasteiger partial charge on any atom is 0.306 e. The predicted octanol–water partition coefficient (Wildman–Crippen LogP) is 7.91. The van der Waals surface area contributed by atoms with Crippen LogP contribution in [-0.4, -0.2) is 89.6 Å². The lowest BCUT2D eigenvalue weighted by Crippen LogP contribution is -2.59. The van der Waals surface area contributed by atoms with Gasteiger partial charge in [0.2, 0.25) is 0 Å². The van der Waals surface area contributed by atoms with Crippen molar-refractivity contribution >= 4 is 5.97 Å². The third kappa shape index (κ3) is 23.6. The molecular formula is C39H76O9. The van der Waals surface area contributed by atoms with Crippen molar-refractivity contribution in [3.8, 4) is 0 Å². The third-order valence-electron chi connectivity index (χ3n) is 9.52. The van der Waals surface area contributed by atoms with Gasteiger partial charge in [-0.2, -0.15) is 0 Å². The molecule has 9 heteroatoms. The normalized spacial score (nSPS) is 21.8. The van der Waals surface area contributed by atoms with Crippen LogP contribution >= 0.6 is 0 Å². The molecule has 1 fully saturated rings. The number of unbranched alkanes of at least 4 members (excludes halogenated alkanes) is 23. The standard InChI is InChI=1S/C39H76O9/c1-3-5-7-9-11-13-15-17-19-21-23-25-27-29-45-31-33(32-46-39-38(44)37(43)36(42)34(30-40)48-39)47-35(41)28-26-24-22-20-18-16-14-12-10-8-6-4-2/h33-34,36-40,42-44H,3-32H2,1-2H3. The number of hydrogen-bond donors (Lipinski definition) is 4. The quantitative estimate of drug-likeness (QED) is 0.0393. The minimum atomic E-state index is -1.53. The average Bonchev–Trinajstić information content (AvgIpc) is 3.08. The van der Waals surface area contributed by atoms with Crippen LogP contribution in [0.5, 0.6) is 0 Å². The van der Waals surface area contributed by atoms with Gasteiger partial charge in [0.05, 0.1) is 19.8 Å². The number of rotatable bonds is 34. The van der Waals surface area contributed by atoms with E-state index in [0.29, 0.717) is 13.0 Å². The number of hydrogen-bond acceptors (Lipinski definition) is 9. The maximum absolute atomic E-state index is 12.7. The first kappa shape index (κ1) is 45.2. The van der Waals surface area contributed by atoms with Crippen LogP contribution in [0, 0.1) is 0 Å². The molecule has 1 saturated heterocycles. The van der Waals surface area contributed by atoms with Crippen molar-refractivity contribution in [2.75, 3.05) is 26.4 Å². The molecule has 1 heterocycles. The molecule has 4 N–H and O–H groups in total. The zero-order valence-corrected chi connectivity index (χ0v) is 31.0. The molecule has 0 aromatic heterocycles. The van der Waals surface area contributed by atoms with Crippen LogP contribution in [0.15, 0.2) is 0 Å². The molecular weight excluding hydrogens is 612 g/mol. The second-order valence-corrected chi connectivity index (χ2v) is 14.1. The zero-order chi connectivity index (χ0) is 35.1. The largest absolute Gasteiger partial charge is 0.457 e. The highest BCUT2D eigenvalue weighted by Gasteiger charge is 2.44. The Morgan fingerprint density at radius 3 is 1.48 bits per heavy atom. The Kier molecular flexibility index (Phi) is 30.3. The van der Waals surface area contributed by atoms with E-state index in [9.17, 15) is 25.2 Å². The SMILES string of the molecule is CCCCCCCCCCCCCCCOCC(COC1OC(CO)C(O)C(O)C1O)OC(=O)CCCCCCCCCCCCCC. The predicted molar refractivity (Wildman–Crippen MR) is 192 cm³/mol. The fourth-order valence-corrected chi connectivity index (χ4v) is 6.32. The molecule has 0 aromatic rings. The van der Waals surface area contributed by atoms with Crippen molar-refractivity contribution in [1.82, 2.24) is 0 Å². The molecule has 1 aliphatic rings. The van der Waals surface area contributed by atoms with Crippen molar-refractivity contribution in [2.45, 2.75) is 218 Å². The highest BCUT2D eigenvalue weighted by atomic mass is 16.7. The van der Waals surface area contributed by atoms with E-state index in [4.69, 9.17) is 18.9 Å². The summed E-state index contributed by atoms with van der Waals surface area (Å²) in [4.78, 5) is 12.7. The van der Waals surface area contributed by atoms with Gasteiger partial charge in [0.1, 0.15) is 30.5 Å². The molecule has 1 rings (SSSR count). The van der Waals surface area contributed by atoms with E-state index < -0.39 is 43.4 Å². The molecule has 286 valence electrons. The first-order chi connectivity index (χ1) is 23.4. The lowest BCUT2D eigenvalue weighted by molar-refractivity contribution is -0.305. The number of ether oxygens (including phenoxy) is 4. The van der Waals surface area contributed by atoms with Crippen LogP contribution in [0.4, 0.5) is 0 Å². The first-order valence-electron chi connectivity index (χ1n) is 20.1. The van der Waals surface area contributed by atoms with Crippen molar-refractivity contribution in [3.63, 3.8) is 0 Å². The Morgan fingerprint density at radius 1 is 0.583 bits per heavy atom. The van der Waals surface area contributed by atoms with Gasteiger partial charge in [-0.15, -0.1) is 0 Å². The van der Waals surface area contributed by atoms with Gasteiger partial charge in [-0.1, -0.05) is 162 Å². The van der Waals surface area contributed by atoms with Crippen molar-refractivity contribution in [1.29, 1.82) is 0 Å². The van der Waals surface area contributed by atoms with Crippen LogP contribution in [0.3, 0.4) is 0 Å². The Hall–Kier alpha value is -0.810. The summed E-state index contributed by atoms with van der Waals surface area (Å²) >= 11 is 0. The molecule has 0 radical (unpaired) electrons. The van der Waals surface area contributed by atoms with Crippen LogP contribution in [0.2, 0.25) is 0 Å². The molecule has 9 nitrogen and oxygen atoms in total.